The molecule has 33 heavy (non-hydrogen) atoms. The van der Waals surface area contributed by atoms with Crippen LogP contribution in [0.1, 0.15) is 26.3 Å². The van der Waals surface area contributed by atoms with Crippen LogP contribution in [0.2, 0.25) is 0 Å². The summed E-state index contributed by atoms with van der Waals surface area (Å²) in [5, 5.41) is 2.79. The summed E-state index contributed by atoms with van der Waals surface area (Å²) in [7, 11) is -0.303. The van der Waals surface area contributed by atoms with Gasteiger partial charge in [0, 0.05) is 19.8 Å². The molecular weight excluding hydrogens is 444 g/mol. The van der Waals surface area contributed by atoms with E-state index in [1.807, 2.05) is 26.8 Å². The normalized spacial score (nSPS) is 16.4. The summed E-state index contributed by atoms with van der Waals surface area (Å²) in [4.78, 5) is 25.2. The molecule has 2 heterocycles. The van der Waals surface area contributed by atoms with Gasteiger partial charge in [0.25, 0.3) is 5.91 Å². The van der Waals surface area contributed by atoms with E-state index < -0.39 is 22.0 Å². The molecule has 1 aromatic heterocycles. The molecule has 1 N–H and O–H groups in total. The van der Waals surface area contributed by atoms with E-state index in [1.54, 1.807) is 44.4 Å². The lowest BCUT2D eigenvalue weighted by Crippen LogP contribution is -2.48. The second-order valence-electron chi connectivity index (χ2n) is 9.43. The van der Waals surface area contributed by atoms with Crippen molar-refractivity contribution < 1.29 is 17.9 Å². The molecule has 10 heteroatoms. The van der Waals surface area contributed by atoms with Crippen molar-refractivity contribution in [2.45, 2.75) is 32.3 Å². The van der Waals surface area contributed by atoms with E-state index >= 15 is 0 Å². The molecule has 9 nitrogen and oxygen atoms in total. The highest BCUT2D eigenvalue weighted by Crippen LogP contribution is 2.38. The Bertz CT molecular complexity index is 1430. The van der Waals surface area contributed by atoms with Gasteiger partial charge in [-0.3, -0.25) is 18.2 Å². The fourth-order valence-corrected chi connectivity index (χ4v) is 4.88. The Morgan fingerprint density at radius 1 is 1.06 bits per heavy atom. The Hall–Kier alpha value is -3.27. The number of benzene rings is 2. The molecule has 3 aromatic rings. The average Bonchev–Trinajstić information content (AvgIpc) is 2.95. The summed E-state index contributed by atoms with van der Waals surface area (Å²) < 4.78 is 35.3. The van der Waals surface area contributed by atoms with Gasteiger partial charge in [-0.1, -0.05) is 26.8 Å². The summed E-state index contributed by atoms with van der Waals surface area (Å²) in [5.41, 5.74) is 2.93. The first-order chi connectivity index (χ1) is 15.3. The molecule has 1 atom stereocenters. The van der Waals surface area contributed by atoms with Crippen LogP contribution >= 0.6 is 0 Å². The molecule has 1 aliphatic rings. The highest BCUT2D eigenvalue weighted by atomic mass is 32.2. The summed E-state index contributed by atoms with van der Waals surface area (Å²) in [5.74, 6) is -0.143. The molecule has 0 saturated carbocycles. The van der Waals surface area contributed by atoms with Crippen molar-refractivity contribution in [1.29, 1.82) is 0 Å². The fourth-order valence-electron chi connectivity index (χ4n) is 3.98. The van der Waals surface area contributed by atoms with Crippen LogP contribution in [0.25, 0.3) is 11.0 Å². The summed E-state index contributed by atoms with van der Waals surface area (Å²) >= 11 is 0. The van der Waals surface area contributed by atoms with Crippen molar-refractivity contribution in [2.24, 2.45) is 14.1 Å². The van der Waals surface area contributed by atoms with E-state index in [0.717, 1.165) is 17.3 Å². The van der Waals surface area contributed by atoms with E-state index in [2.05, 4.69) is 5.32 Å². The first kappa shape index (κ1) is 22.9. The maximum Gasteiger partial charge on any atom is 0.328 e. The Kier molecular flexibility index (Phi) is 5.31. The minimum atomic E-state index is -3.64. The maximum atomic E-state index is 13.0. The van der Waals surface area contributed by atoms with Crippen molar-refractivity contribution in [3.05, 3.63) is 52.4 Å². The number of sulfonamides is 1. The Morgan fingerprint density at radius 3 is 2.36 bits per heavy atom. The van der Waals surface area contributed by atoms with Gasteiger partial charge in [-0.05, 0) is 41.3 Å². The third-order valence-corrected chi connectivity index (χ3v) is 7.07. The number of fused-ring (bicyclic) bond motifs is 2. The number of nitrogens with one attached hydrogen (secondary N) is 1. The lowest BCUT2D eigenvalue weighted by Gasteiger charge is -2.35. The van der Waals surface area contributed by atoms with E-state index in [9.17, 15) is 18.0 Å². The van der Waals surface area contributed by atoms with E-state index in [1.165, 1.54) is 13.4 Å². The Morgan fingerprint density at radius 2 is 1.73 bits per heavy atom. The quantitative estimate of drug-likeness (QED) is 0.630. The van der Waals surface area contributed by atoms with Gasteiger partial charge in [0.1, 0.15) is 5.75 Å². The van der Waals surface area contributed by atoms with Gasteiger partial charge in [0.05, 0.1) is 29.5 Å². The molecule has 0 radical (unpaired) electrons. The van der Waals surface area contributed by atoms with Crippen LogP contribution in [0.4, 0.5) is 11.4 Å². The molecule has 2 aromatic carbocycles. The zero-order valence-corrected chi connectivity index (χ0v) is 20.4. The predicted molar refractivity (Wildman–Crippen MR) is 129 cm³/mol. The number of aromatic nitrogens is 2. The maximum absolute atomic E-state index is 13.0. The number of aryl methyl sites for hydroxylation is 2. The van der Waals surface area contributed by atoms with Gasteiger partial charge in [0.15, 0.2) is 6.10 Å². The fraction of sp³-hybridized carbons (Fsp3) is 0.391. The second-order valence-corrected chi connectivity index (χ2v) is 11.3. The Balaban J connectivity index is 1.65. The van der Waals surface area contributed by atoms with Gasteiger partial charge < -0.3 is 10.1 Å². The van der Waals surface area contributed by atoms with Crippen LogP contribution in [0.15, 0.2) is 41.2 Å². The highest BCUT2D eigenvalue weighted by molar-refractivity contribution is 7.92. The van der Waals surface area contributed by atoms with Crippen LogP contribution < -0.4 is 20.0 Å². The van der Waals surface area contributed by atoms with Crippen molar-refractivity contribution in [2.75, 3.05) is 22.4 Å². The number of carbonyl (C=O) groups is 1. The number of hydrogen-bond acceptors (Lipinski definition) is 5. The third kappa shape index (κ3) is 4.10. The summed E-state index contributed by atoms with van der Waals surface area (Å²) in [6.07, 6.45) is 0.0769. The number of rotatable bonds is 3. The topological polar surface area (TPSA) is 103 Å². The molecule has 1 unspecified atom stereocenters. The number of amides is 1. The first-order valence-corrected chi connectivity index (χ1v) is 12.4. The molecule has 1 aliphatic heterocycles. The summed E-state index contributed by atoms with van der Waals surface area (Å²) in [6, 6.07) is 10.5. The molecule has 1 amide bonds. The van der Waals surface area contributed by atoms with Gasteiger partial charge in [0.2, 0.25) is 10.0 Å². The molecule has 0 bridgehead atoms. The van der Waals surface area contributed by atoms with Crippen molar-refractivity contribution in [1.82, 2.24) is 9.13 Å². The molecular formula is C23H28N4O5S. The number of carbonyl (C=O) groups excluding carboxylic acids is 1. The SMILES string of the molecule is Cn1c(=O)n(C)c2cc(NC(=O)C3CN(S(C)(=O)=O)c4cc(C(C)(C)C)ccc4O3)ccc21. The predicted octanol–water partition coefficient (Wildman–Crippen LogP) is 2.34. The average molecular weight is 473 g/mol. The molecule has 0 saturated heterocycles. The molecule has 0 fully saturated rings. The highest BCUT2D eigenvalue weighted by Gasteiger charge is 2.36. The minimum Gasteiger partial charge on any atom is -0.476 e. The van der Waals surface area contributed by atoms with Gasteiger partial charge in [-0.15, -0.1) is 0 Å². The largest absolute Gasteiger partial charge is 0.476 e. The third-order valence-electron chi connectivity index (χ3n) is 5.93. The van der Waals surface area contributed by atoms with E-state index in [0.29, 0.717) is 22.6 Å². The van der Waals surface area contributed by atoms with Crippen molar-refractivity contribution in [3.63, 3.8) is 0 Å². The van der Waals surface area contributed by atoms with Gasteiger partial charge >= 0.3 is 5.69 Å². The van der Waals surface area contributed by atoms with Crippen LogP contribution in [0, 0.1) is 0 Å². The lowest BCUT2D eigenvalue weighted by molar-refractivity contribution is -0.122. The van der Waals surface area contributed by atoms with Gasteiger partial charge in [-0.2, -0.15) is 0 Å². The van der Waals surface area contributed by atoms with Crippen LogP contribution in [-0.2, 0) is 34.3 Å². The van der Waals surface area contributed by atoms with E-state index in [-0.39, 0.29) is 17.6 Å². The number of ether oxygens (including phenoxy) is 1. The van der Waals surface area contributed by atoms with Crippen LogP contribution in [0.3, 0.4) is 0 Å². The monoisotopic (exact) mass is 472 g/mol. The van der Waals surface area contributed by atoms with Gasteiger partial charge in [-0.25, -0.2) is 13.2 Å². The Labute approximate surface area is 192 Å². The lowest BCUT2D eigenvalue weighted by atomic mass is 9.86. The zero-order chi connectivity index (χ0) is 24.3. The number of anilines is 2. The van der Waals surface area contributed by atoms with E-state index in [4.69, 9.17) is 4.74 Å². The summed E-state index contributed by atoms with van der Waals surface area (Å²) in [6.45, 7) is 5.98. The molecule has 0 spiro atoms. The number of nitrogens with zero attached hydrogens (tertiary/aromatic N) is 3. The van der Waals surface area contributed by atoms with Crippen molar-refractivity contribution in [3.8, 4) is 5.75 Å². The molecule has 4 rings (SSSR count). The molecule has 176 valence electrons. The van der Waals surface area contributed by atoms with Crippen LogP contribution in [-0.4, -0.2) is 42.4 Å². The molecule has 0 aliphatic carbocycles. The smallest absolute Gasteiger partial charge is 0.328 e. The number of hydrogen-bond donors (Lipinski definition) is 1. The first-order valence-electron chi connectivity index (χ1n) is 10.5. The second kappa shape index (κ2) is 7.65. The van der Waals surface area contributed by atoms with Crippen molar-refractivity contribution >= 4 is 38.3 Å². The standard InChI is InChI=1S/C23H28N4O5S/c1-23(2,3)14-7-10-19-18(11-14)27(33(6,30)31)13-20(32-19)21(28)24-15-8-9-16-17(12-15)26(5)22(29)25(16)4/h7-12,20H,13H2,1-6H3,(H,24,28). The minimum absolute atomic E-state index is 0.142. The van der Waals surface area contributed by atoms with Crippen LogP contribution in [0.5, 0.6) is 5.75 Å². The number of imidazole rings is 1. The zero-order valence-electron chi connectivity index (χ0n) is 19.5.